The molecule has 0 radical (unpaired) electrons. The van der Waals surface area contributed by atoms with E-state index < -0.39 is 15.8 Å². The van der Waals surface area contributed by atoms with Crippen molar-refractivity contribution in [3.8, 4) is 5.69 Å². The fraction of sp³-hybridized carbons (Fsp3) is 0.250. The maximum absolute atomic E-state index is 13.5. The number of amides is 1. The molecule has 2 heterocycles. The summed E-state index contributed by atoms with van der Waals surface area (Å²) in [4.78, 5) is 14.2. The molecule has 0 spiro atoms. The van der Waals surface area contributed by atoms with Crippen molar-refractivity contribution in [1.29, 1.82) is 0 Å². The van der Waals surface area contributed by atoms with Gasteiger partial charge in [0.25, 0.3) is 0 Å². The number of halogens is 2. The van der Waals surface area contributed by atoms with Crippen molar-refractivity contribution in [3.05, 3.63) is 83.2 Å². The van der Waals surface area contributed by atoms with Crippen LogP contribution >= 0.6 is 0 Å². The van der Waals surface area contributed by atoms with Crippen molar-refractivity contribution in [1.82, 2.24) is 19.0 Å². The van der Waals surface area contributed by atoms with Gasteiger partial charge in [-0.2, -0.15) is 9.40 Å². The largest absolute Gasteiger partial charge is 0.337 e. The van der Waals surface area contributed by atoms with Crippen molar-refractivity contribution in [2.24, 2.45) is 0 Å². The van der Waals surface area contributed by atoms with Gasteiger partial charge >= 0.3 is 0 Å². The third-order valence-corrected chi connectivity index (χ3v) is 7.69. The van der Waals surface area contributed by atoms with Crippen molar-refractivity contribution in [3.63, 3.8) is 0 Å². The first-order valence-corrected chi connectivity index (χ1v) is 12.2. The Labute approximate surface area is 197 Å². The molecule has 178 valence electrons. The summed E-state index contributed by atoms with van der Waals surface area (Å²) in [6.07, 6.45) is 3.14. The molecule has 7 nitrogen and oxygen atoms in total. The topological polar surface area (TPSA) is 75.5 Å². The van der Waals surface area contributed by atoms with Gasteiger partial charge < -0.3 is 4.90 Å². The lowest BCUT2D eigenvalue weighted by molar-refractivity contribution is -0.127. The van der Waals surface area contributed by atoms with Gasteiger partial charge in [0.05, 0.1) is 16.3 Å². The predicted octanol–water partition coefficient (Wildman–Crippen LogP) is 3.31. The van der Waals surface area contributed by atoms with Crippen LogP contribution in [0.5, 0.6) is 0 Å². The predicted molar refractivity (Wildman–Crippen MR) is 124 cm³/mol. The monoisotopic (exact) mass is 486 g/mol. The summed E-state index contributed by atoms with van der Waals surface area (Å²) < 4.78 is 55.1. The molecule has 1 aliphatic heterocycles. The molecule has 3 aromatic rings. The number of hydrogen-bond donors (Lipinski definition) is 0. The molecule has 0 atom stereocenters. The van der Waals surface area contributed by atoms with Crippen LogP contribution in [0.15, 0.2) is 59.5 Å². The summed E-state index contributed by atoms with van der Waals surface area (Å²) in [7, 11) is -3.82. The lowest BCUT2D eigenvalue weighted by atomic mass is 10.1. The smallest absolute Gasteiger partial charge is 0.246 e. The van der Waals surface area contributed by atoms with E-state index in [0.717, 1.165) is 23.0 Å². The van der Waals surface area contributed by atoms with E-state index in [2.05, 4.69) is 5.10 Å². The second-order valence-corrected chi connectivity index (χ2v) is 9.93. The first-order valence-electron chi connectivity index (χ1n) is 10.7. The number of hydrogen-bond acceptors (Lipinski definition) is 4. The Balaban J connectivity index is 1.43. The van der Waals surface area contributed by atoms with Gasteiger partial charge in [0.15, 0.2) is 0 Å². The van der Waals surface area contributed by atoms with Gasteiger partial charge in [-0.15, -0.1) is 0 Å². The van der Waals surface area contributed by atoms with E-state index in [1.165, 1.54) is 40.7 Å². The van der Waals surface area contributed by atoms with Gasteiger partial charge in [0, 0.05) is 43.5 Å². The number of carbonyl (C=O) groups is 1. The Kier molecular flexibility index (Phi) is 6.63. The Morgan fingerprint density at radius 3 is 2.29 bits per heavy atom. The third kappa shape index (κ3) is 4.78. The number of benzene rings is 2. The van der Waals surface area contributed by atoms with E-state index in [9.17, 15) is 22.0 Å². The molecule has 1 fully saturated rings. The molecule has 1 aliphatic rings. The molecule has 1 amide bonds. The second kappa shape index (κ2) is 9.47. The van der Waals surface area contributed by atoms with Crippen LogP contribution in [0, 0.1) is 25.5 Å². The number of aromatic nitrogens is 2. The number of rotatable bonds is 5. The molecule has 34 heavy (non-hydrogen) atoms. The van der Waals surface area contributed by atoms with E-state index in [1.807, 2.05) is 13.8 Å². The van der Waals surface area contributed by atoms with Gasteiger partial charge in [-0.1, -0.05) is 6.07 Å². The highest BCUT2D eigenvalue weighted by atomic mass is 32.2. The molecular formula is C24H24F2N4O3S. The average molecular weight is 487 g/mol. The van der Waals surface area contributed by atoms with Crippen LogP contribution in [-0.2, 0) is 14.8 Å². The fourth-order valence-corrected chi connectivity index (χ4v) is 5.37. The van der Waals surface area contributed by atoms with Gasteiger partial charge in [-0.05, 0) is 62.4 Å². The van der Waals surface area contributed by atoms with Crippen LogP contribution in [-0.4, -0.2) is 59.5 Å². The van der Waals surface area contributed by atoms with Crippen LogP contribution in [0.2, 0.25) is 0 Å². The lowest BCUT2D eigenvalue weighted by Crippen LogP contribution is -2.50. The summed E-state index contributed by atoms with van der Waals surface area (Å²) in [5.74, 6) is -1.19. The average Bonchev–Trinajstić information content (AvgIpc) is 3.11. The zero-order valence-electron chi connectivity index (χ0n) is 18.8. The molecule has 0 saturated carbocycles. The van der Waals surface area contributed by atoms with Crippen LogP contribution in [0.1, 0.15) is 17.0 Å². The minimum atomic E-state index is -3.82. The van der Waals surface area contributed by atoms with Crippen molar-refractivity contribution >= 4 is 22.0 Å². The first kappa shape index (κ1) is 23.8. The Hall–Kier alpha value is -3.37. The lowest BCUT2D eigenvalue weighted by Gasteiger charge is -2.33. The van der Waals surface area contributed by atoms with E-state index >= 15 is 0 Å². The molecule has 0 N–H and O–H groups in total. The molecule has 4 rings (SSSR count). The molecular weight excluding hydrogens is 462 g/mol. The molecule has 10 heteroatoms. The standard InChI is InChI=1S/C24H24F2N4O3S/c1-17-23(18(2)30(27-17)21-8-6-19(25)7-9-21)10-11-24(31)28-12-14-29(15-13-28)34(32,33)22-5-3-4-20(26)16-22/h3-11,16H,12-15H2,1-2H3/b11-10+. The summed E-state index contributed by atoms with van der Waals surface area (Å²) in [5, 5.41) is 4.49. The minimum Gasteiger partial charge on any atom is -0.337 e. The molecule has 2 aromatic carbocycles. The number of sulfonamides is 1. The molecule has 1 saturated heterocycles. The van der Waals surface area contributed by atoms with Gasteiger partial charge in [-0.25, -0.2) is 21.9 Å². The maximum atomic E-state index is 13.5. The van der Waals surface area contributed by atoms with Crippen molar-refractivity contribution in [2.75, 3.05) is 26.2 Å². The van der Waals surface area contributed by atoms with Crippen LogP contribution in [0.4, 0.5) is 8.78 Å². The molecule has 0 unspecified atom stereocenters. The van der Waals surface area contributed by atoms with Crippen molar-refractivity contribution < 1.29 is 22.0 Å². The minimum absolute atomic E-state index is 0.101. The first-order chi connectivity index (χ1) is 16.2. The zero-order chi connectivity index (χ0) is 24.5. The van der Waals surface area contributed by atoms with E-state index in [0.29, 0.717) is 5.69 Å². The number of carbonyl (C=O) groups excluding carboxylic acids is 1. The Morgan fingerprint density at radius 2 is 1.65 bits per heavy atom. The van der Waals surface area contributed by atoms with Gasteiger partial charge in [0.2, 0.25) is 15.9 Å². The van der Waals surface area contributed by atoms with Crippen molar-refractivity contribution in [2.45, 2.75) is 18.7 Å². The summed E-state index contributed by atoms with van der Waals surface area (Å²) in [6.45, 7) is 4.39. The van der Waals surface area contributed by atoms with E-state index in [1.54, 1.807) is 27.8 Å². The van der Waals surface area contributed by atoms with Gasteiger partial charge in [0.1, 0.15) is 11.6 Å². The highest BCUT2D eigenvalue weighted by Gasteiger charge is 2.29. The normalized spacial score (nSPS) is 15.2. The number of piperazine rings is 1. The van der Waals surface area contributed by atoms with Gasteiger partial charge in [-0.3, -0.25) is 4.79 Å². The Bertz CT molecular complexity index is 1340. The fourth-order valence-electron chi connectivity index (χ4n) is 3.92. The van der Waals surface area contributed by atoms with E-state index in [4.69, 9.17) is 0 Å². The highest BCUT2D eigenvalue weighted by molar-refractivity contribution is 7.89. The summed E-state index contributed by atoms with van der Waals surface area (Å²) >= 11 is 0. The maximum Gasteiger partial charge on any atom is 0.246 e. The van der Waals surface area contributed by atoms with Crippen LogP contribution in [0.25, 0.3) is 11.8 Å². The number of aryl methyl sites for hydroxylation is 1. The third-order valence-electron chi connectivity index (χ3n) is 5.80. The van der Waals surface area contributed by atoms with Crippen LogP contribution < -0.4 is 0 Å². The number of nitrogens with zero attached hydrogens (tertiary/aromatic N) is 4. The highest BCUT2D eigenvalue weighted by Crippen LogP contribution is 2.21. The zero-order valence-corrected chi connectivity index (χ0v) is 19.6. The molecule has 0 bridgehead atoms. The quantitative estimate of drug-likeness (QED) is 0.519. The van der Waals surface area contributed by atoms with Crippen LogP contribution in [0.3, 0.4) is 0 Å². The molecule has 1 aromatic heterocycles. The summed E-state index contributed by atoms with van der Waals surface area (Å²) in [5.41, 5.74) is 3.02. The second-order valence-electron chi connectivity index (χ2n) is 7.99. The SMILES string of the molecule is Cc1nn(-c2ccc(F)cc2)c(C)c1/C=C/C(=O)N1CCN(S(=O)(=O)c2cccc(F)c2)CC1. The van der Waals surface area contributed by atoms with E-state index in [-0.39, 0.29) is 42.8 Å². The summed E-state index contributed by atoms with van der Waals surface area (Å²) in [6, 6.07) is 10.9. The Morgan fingerprint density at radius 1 is 0.971 bits per heavy atom. The molecule has 0 aliphatic carbocycles.